The summed E-state index contributed by atoms with van der Waals surface area (Å²) in [5.41, 5.74) is -0.870. The Balaban J connectivity index is 1.71. The van der Waals surface area contributed by atoms with E-state index in [1.807, 2.05) is 36.4 Å². The standard InChI is InChI=1S/C20H15NO7/c22-18(20(23)24)16-6-3-7-17(21(25)26)19(16)28-11-10-27-15-9-8-13-4-1-2-5-14(13)12-15/h1-9,12H,10-11H2,(H,23,24). The Morgan fingerprint density at radius 3 is 2.36 bits per heavy atom. The van der Waals surface area contributed by atoms with Gasteiger partial charge in [0.1, 0.15) is 19.0 Å². The number of carboxylic acid groups (broad SMARTS) is 1. The highest BCUT2D eigenvalue weighted by atomic mass is 16.6. The van der Waals surface area contributed by atoms with Crippen LogP contribution in [0.25, 0.3) is 10.8 Å². The Hall–Kier alpha value is -3.94. The van der Waals surface area contributed by atoms with Gasteiger partial charge in [0.05, 0.1) is 10.5 Å². The second-order valence-corrected chi connectivity index (χ2v) is 5.75. The predicted octanol–water partition coefficient (Wildman–Crippen LogP) is 3.47. The quantitative estimate of drug-likeness (QED) is 0.209. The zero-order chi connectivity index (χ0) is 20.1. The third-order valence-corrected chi connectivity index (χ3v) is 3.95. The van der Waals surface area contributed by atoms with E-state index in [9.17, 15) is 19.7 Å². The molecule has 0 saturated carbocycles. The van der Waals surface area contributed by atoms with Gasteiger partial charge in [0.15, 0.2) is 0 Å². The van der Waals surface area contributed by atoms with Crippen molar-refractivity contribution in [3.05, 3.63) is 76.3 Å². The van der Waals surface area contributed by atoms with Crippen molar-refractivity contribution in [1.29, 1.82) is 0 Å². The monoisotopic (exact) mass is 381 g/mol. The molecule has 3 aromatic carbocycles. The molecule has 0 fully saturated rings. The second-order valence-electron chi connectivity index (χ2n) is 5.75. The molecular weight excluding hydrogens is 366 g/mol. The van der Waals surface area contributed by atoms with Crippen LogP contribution < -0.4 is 9.47 Å². The van der Waals surface area contributed by atoms with Crippen LogP contribution in [0, 0.1) is 10.1 Å². The summed E-state index contributed by atoms with van der Waals surface area (Å²) >= 11 is 0. The summed E-state index contributed by atoms with van der Waals surface area (Å²) in [6.07, 6.45) is 0. The molecule has 0 spiro atoms. The van der Waals surface area contributed by atoms with E-state index in [1.165, 1.54) is 12.1 Å². The van der Waals surface area contributed by atoms with Crippen molar-refractivity contribution in [3.8, 4) is 11.5 Å². The van der Waals surface area contributed by atoms with Crippen LogP contribution in [0.4, 0.5) is 5.69 Å². The lowest BCUT2D eigenvalue weighted by Gasteiger charge is -2.11. The van der Waals surface area contributed by atoms with Crippen LogP contribution in [0.3, 0.4) is 0 Å². The number of para-hydroxylation sites is 1. The van der Waals surface area contributed by atoms with E-state index in [0.717, 1.165) is 16.8 Å². The molecule has 0 atom stereocenters. The first-order chi connectivity index (χ1) is 13.5. The number of nitrogens with zero attached hydrogens (tertiary/aromatic N) is 1. The van der Waals surface area contributed by atoms with Crippen LogP contribution in [0.5, 0.6) is 11.5 Å². The van der Waals surface area contributed by atoms with Gasteiger partial charge in [0, 0.05) is 6.07 Å². The molecule has 0 bridgehead atoms. The van der Waals surface area contributed by atoms with Gasteiger partial charge in [-0.15, -0.1) is 0 Å². The minimum atomic E-state index is -1.72. The molecule has 1 N–H and O–H groups in total. The number of carboxylic acids is 1. The first-order valence-electron chi connectivity index (χ1n) is 8.27. The van der Waals surface area contributed by atoms with E-state index in [1.54, 1.807) is 6.07 Å². The fourth-order valence-electron chi connectivity index (χ4n) is 2.67. The van der Waals surface area contributed by atoms with Gasteiger partial charge in [-0.1, -0.05) is 36.4 Å². The van der Waals surface area contributed by atoms with Gasteiger partial charge < -0.3 is 14.6 Å². The van der Waals surface area contributed by atoms with Crippen molar-refractivity contribution in [1.82, 2.24) is 0 Å². The smallest absolute Gasteiger partial charge is 0.377 e. The number of hydrogen-bond acceptors (Lipinski definition) is 6. The maximum Gasteiger partial charge on any atom is 0.377 e. The maximum atomic E-state index is 11.8. The van der Waals surface area contributed by atoms with E-state index in [0.29, 0.717) is 5.75 Å². The fourth-order valence-corrected chi connectivity index (χ4v) is 2.67. The molecule has 0 aliphatic rings. The zero-order valence-corrected chi connectivity index (χ0v) is 14.5. The average molecular weight is 381 g/mol. The van der Waals surface area contributed by atoms with Gasteiger partial charge in [0.25, 0.3) is 5.78 Å². The molecule has 0 aliphatic heterocycles. The van der Waals surface area contributed by atoms with Crippen LogP contribution in [0.1, 0.15) is 10.4 Å². The van der Waals surface area contributed by atoms with Crippen molar-refractivity contribution in [2.75, 3.05) is 13.2 Å². The summed E-state index contributed by atoms with van der Waals surface area (Å²) in [7, 11) is 0. The van der Waals surface area contributed by atoms with Gasteiger partial charge in [-0.05, 0) is 29.0 Å². The summed E-state index contributed by atoms with van der Waals surface area (Å²) in [5.74, 6) is -2.80. The van der Waals surface area contributed by atoms with E-state index < -0.39 is 22.4 Å². The molecule has 0 radical (unpaired) electrons. The van der Waals surface area contributed by atoms with Crippen molar-refractivity contribution in [2.45, 2.75) is 0 Å². The third-order valence-electron chi connectivity index (χ3n) is 3.95. The highest BCUT2D eigenvalue weighted by Gasteiger charge is 2.26. The largest absolute Gasteiger partial charge is 0.490 e. The third kappa shape index (κ3) is 4.07. The lowest BCUT2D eigenvalue weighted by Crippen LogP contribution is -2.17. The van der Waals surface area contributed by atoms with Crippen molar-refractivity contribution < 1.29 is 29.1 Å². The van der Waals surface area contributed by atoms with Crippen LogP contribution in [-0.4, -0.2) is 35.0 Å². The fraction of sp³-hybridized carbons (Fsp3) is 0.100. The average Bonchev–Trinajstić information content (AvgIpc) is 2.70. The Bertz CT molecular complexity index is 1060. The molecule has 0 saturated heterocycles. The van der Waals surface area contributed by atoms with Gasteiger partial charge in [0.2, 0.25) is 5.75 Å². The zero-order valence-electron chi connectivity index (χ0n) is 14.5. The molecule has 3 aromatic rings. The minimum absolute atomic E-state index is 0.0467. The number of aliphatic carboxylic acids is 1. The number of ketones is 1. The van der Waals surface area contributed by atoms with E-state index in [-0.39, 0.29) is 24.5 Å². The topological polar surface area (TPSA) is 116 Å². The molecule has 28 heavy (non-hydrogen) atoms. The number of rotatable bonds is 8. The summed E-state index contributed by atoms with van der Waals surface area (Å²) in [6.45, 7) is -0.0668. The normalized spacial score (nSPS) is 10.4. The maximum absolute atomic E-state index is 11.8. The molecule has 8 heteroatoms. The Labute approximate surface area is 159 Å². The lowest BCUT2D eigenvalue weighted by molar-refractivity contribution is -0.385. The minimum Gasteiger partial charge on any atom is -0.490 e. The lowest BCUT2D eigenvalue weighted by atomic mass is 10.1. The number of ether oxygens (including phenoxy) is 2. The van der Waals surface area contributed by atoms with Gasteiger partial charge in [-0.2, -0.15) is 0 Å². The number of nitro benzene ring substituents is 1. The molecule has 0 aliphatic carbocycles. The molecule has 0 aromatic heterocycles. The molecule has 0 amide bonds. The van der Waals surface area contributed by atoms with Crippen molar-refractivity contribution in [2.24, 2.45) is 0 Å². The number of benzene rings is 3. The second kappa shape index (κ2) is 8.17. The summed E-state index contributed by atoms with van der Waals surface area (Å²) in [5, 5.41) is 22.1. The van der Waals surface area contributed by atoms with Crippen molar-refractivity contribution in [3.63, 3.8) is 0 Å². The molecule has 0 unspecified atom stereocenters. The first kappa shape index (κ1) is 18.8. The number of carbonyl (C=O) groups excluding carboxylic acids is 1. The predicted molar refractivity (Wildman–Crippen MR) is 100 cm³/mol. The molecule has 8 nitrogen and oxygen atoms in total. The molecular formula is C20H15NO7. The summed E-state index contributed by atoms with van der Waals surface area (Å²) in [4.78, 5) is 33.2. The van der Waals surface area contributed by atoms with Crippen molar-refractivity contribution >= 4 is 28.2 Å². The van der Waals surface area contributed by atoms with Crippen LogP contribution in [0.2, 0.25) is 0 Å². The van der Waals surface area contributed by atoms with Crippen LogP contribution in [0.15, 0.2) is 60.7 Å². The number of hydrogen-bond donors (Lipinski definition) is 1. The van der Waals surface area contributed by atoms with Gasteiger partial charge in [-0.3, -0.25) is 14.9 Å². The highest BCUT2D eigenvalue weighted by molar-refractivity contribution is 6.40. The number of Topliss-reactive ketones (excluding diaryl/α,β-unsaturated/α-hetero) is 1. The Morgan fingerprint density at radius 2 is 1.64 bits per heavy atom. The van der Waals surface area contributed by atoms with Crippen LogP contribution in [-0.2, 0) is 4.79 Å². The highest BCUT2D eigenvalue weighted by Crippen LogP contribution is 2.31. The number of nitro groups is 1. The van der Waals surface area contributed by atoms with Gasteiger partial charge in [-0.25, -0.2) is 4.79 Å². The van der Waals surface area contributed by atoms with E-state index in [4.69, 9.17) is 14.6 Å². The Kier molecular flexibility index (Phi) is 5.50. The number of carbonyl (C=O) groups is 2. The van der Waals surface area contributed by atoms with E-state index >= 15 is 0 Å². The van der Waals surface area contributed by atoms with Crippen LogP contribution >= 0.6 is 0 Å². The summed E-state index contributed by atoms with van der Waals surface area (Å²) in [6, 6.07) is 16.8. The summed E-state index contributed by atoms with van der Waals surface area (Å²) < 4.78 is 10.9. The Morgan fingerprint density at radius 1 is 0.929 bits per heavy atom. The molecule has 142 valence electrons. The first-order valence-corrected chi connectivity index (χ1v) is 8.27. The molecule has 0 heterocycles. The van der Waals surface area contributed by atoms with E-state index in [2.05, 4.69) is 0 Å². The number of fused-ring (bicyclic) bond motifs is 1. The van der Waals surface area contributed by atoms with Gasteiger partial charge >= 0.3 is 11.7 Å². The SMILES string of the molecule is O=C(O)C(=O)c1cccc([N+](=O)[O-])c1OCCOc1ccc2ccccc2c1. The molecule has 3 rings (SSSR count).